The summed E-state index contributed by atoms with van der Waals surface area (Å²) in [5.41, 5.74) is -0.669. The highest BCUT2D eigenvalue weighted by Crippen LogP contribution is 2.26. The SMILES string of the molecule is CC1(C)NCC(=O)N(Cc2sccc2Br)C1=O. The standard InChI is InChI=1S/C11H13BrN2O2S/c1-11(2)10(16)14(9(15)5-13-11)6-8-7(12)3-4-17-8/h3-4,13H,5-6H2,1-2H3. The number of hydrogen-bond donors (Lipinski definition) is 1. The topological polar surface area (TPSA) is 49.4 Å². The van der Waals surface area contributed by atoms with Crippen molar-refractivity contribution in [3.8, 4) is 0 Å². The molecule has 4 nitrogen and oxygen atoms in total. The lowest BCUT2D eigenvalue weighted by Crippen LogP contribution is -2.63. The van der Waals surface area contributed by atoms with Gasteiger partial charge in [-0.3, -0.25) is 19.8 Å². The molecule has 2 rings (SSSR count). The van der Waals surface area contributed by atoms with Crippen molar-refractivity contribution in [1.82, 2.24) is 10.2 Å². The Morgan fingerprint density at radius 3 is 2.82 bits per heavy atom. The lowest BCUT2D eigenvalue weighted by Gasteiger charge is -2.36. The Kier molecular flexibility index (Phi) is 3.38. The molecular formula is C11H13BrN2O2S. The molecule has 0 radical (unpaired) electrons. The number of thiophene rings is 1. The van der Waals surface area contributed by atoms with Crippen LogP contribution in [0.3, 0.4) is 0 Å². The summed E-state index contributed by atoms with van der Waals surface area (Å²) in [6.45, 7) is 4.14. The molecule has 0 saturated carbocycles. The number of imide groups is 1. The molecule has 1 aromatic heterocycles. The molecule has 0 bridgehead atoms. The van der Waals surface area contributed by atoms with E-state index in [1.807, 2.05) is 11.4 Å². The largest absolute Gasteiger partial charge is 0.295 e. The Hall–Kier alpha value is -0.720. The first-order valence-electron chi connectivity index (χ1n) is 5.23. The molecule has 0 atom stereocenters. The average Bonchev–Trinajstić information content (AvgIpc) is 2.66. The summed E-state index contributed by atoms with van der Waals surface area (Å²) in [4.78, 5) is 26.2. The van der Waals surface area contributed by atoms with Gasteiger partial charge in [0.25, 0.3) is 0 Å². The van der Waals surface area contributed by atoms with Crippen LogP contribution in [0.4, 0.5) is 0 Å². The third-order valence-corrected chi connectivity index (χ3v) is 4.67. The second-order valence-electron chi connectivity index (χ2n) is 4.46. The van der Waals surface area contributed by atoms with Crippen molar-refractivity contribution < 1.29 is 9.59 Å². The first-order chi connectivity index (χ1) is 7.92. The number of carbonyl (C=O) groups excluding carboxylic acids is 2. The number of nitrogens with one attached hydrogen (secondary N) is 1. The summed E-state index contributed by atoms with van der Waals surface area (Å²) in [6, 6.07) is 1.92. The first-order valence-corrected chi connectivity index (χ1v) is 6.91. The third kappa shape index (κ3) is 2.43. The van der Waals surface area contributed by atoms with E-state index in [-0.39, 0.29) is 18.4 Å². The van der Waals surface area contributed by atoms with E-state index in [0.29, 0.717) is 6.54 Å². The van der Waals surface area contributed by atoms with Crippen LogP contribution in [0.15, 0.2) is 15.9 Å². The van der Waals surface area contributed by atoms with E-state index in [9.17, 15) is 9.59 Å². The van der Waals surface area contributed by atoms with Crippen LogP contribution in [0.25, 0.3) is 0 Å². The fourth-order valence-electron chi connectivity index (χ4n) is 1.66. The molecule has 1 aromatic rings. The van der Waals surface area contributed by atoms with Crippen LogP contribution < -0.4 is 5.32 Å². The smallest absolute Gasteiger partial charge is 0.249 e. The van der Waals surface area contributed by atoms with Crippen molar-refractivity contribution in [3.63, 3.8) is 0 Å². The highest BCUT2D eigenvalue weighted by Gasteiger charge is 2.39. The Labute approximate surface area is 112 Å². The van der Waals surface area contributed by atoms with Gasteiger partial charge < -0.3 is 0 Å². The van der Waals surface area contributed by atoms with Crippen LogP contribution in [0.5, 0.6) is 0 Å². The van der Waals surface area contributed by atoms with Gasteiger partial charge in [-0.1, -0.05) is 0 Å². The van der Waals surface area contributed by atoms with E-state index in [0.717, 1.165) is 9.35 Å². The lowest BCUT2D eigenvalue weighted by atomic mass is 10.0. The number of amides is 2. The Bertz CT molecular complexity index is 470. The third-order valence-electron chi connectivity index (χ3n) is 2.76. The van der Waals surface area contributed by atoms with E-state index in [2.05, 4.69) is 21.2 Å². The molecule has 17 heavy (non-hydrogen) atoms. The number of carbonyl (C=O) groups is 2. The van der Waals surface area contributed by atoms with Gasteiger partial charge in [0.15, 0.2) is 0 Å². The van der Waals surface area contributed by atoms with Gasteiger partial charge >= 0.3 is 0 Å². The number of hydrogen-bond acceptors (Lipinski definition) is 4. The summed E-state index contributed by atoms with van der Waals surface area (Å²) < 4.78 is 0.944. The molecule has 0 unspecified atom stereocenters. The van der Waals surface area contributed by atoms with Gasteiger partial charge in [0.05, 0.1) is 18.6 Å². The molecule has 1 saturated heterocycles. The second kappa shape index (κ2) is 4.51. The van der Waals surface area contributed by atoms with Gasteiger partial charge in [0, 0.05) is 9.35 Å². The van der Waals surface area contributed by atoms with Crippen molar-refractivity contribution in [2.45, 2.75) is 25.9 Å². The molecule has 2 amide bonds. The van der Waals surface area contributed by atoms with Gasteiger partial charge in [-0.25, -0.2) is 0 Å². The summed E-state index contributed by atoms with van der Waals surface area (Å²) in [5.74, 6) is -0.344. The predicted octanol–water partition coefficient (Wildman–Crippen LogP) is 1.75. The molecular weight excluding hydrogens is 304 g/mol. The summed E-state index contributed by atoms with van der Waals surface area (Å²) in [7, 11) is 0. The van der Waals surface area contributed by atoms with Crippen molar-refractivity contribution in [1.29, 1.82) is 0 Å². The van der Waals surface area contributed by atoms with Gasteiger partial charge in [-0.2, -0.15) is 0 Å². The lowest BCUT2D eigenvalue weighted by molar-refractivity contribution is -0.153. The molecule has 0 spiro atoms. The maximum absolute atomic E-state index is 12.1. The summed E-state index contributed by atoms with van der Waals surface area (Å²) >= 11 is 4.94. The molecule has 0 aliphatic carbocycles. The maximum atomic E-state index is 12.1. The van der Waals surface area contributed by atoms with Gasteiger partial charge in [-0.15, -0.1) is 11.3 Å². The minimum absolute atomic E-state index is 0.172. The van der Waals surface area contributed by atoms with Crippen LogP contribution in [-0.2, 0) is 16.1 Å². The molecule has 1 aliphatic heterocycles. The van der Waals surface area contributed by atoms with Crippen LogP contribution in [0.1, 0.15) is 18.7 Å². The van der Waals surface area contributed by atoms with Crippen LogP contribution in [-0.4, -0.2) is 28.8 Å². The molecule has 1 aliphatic rings. The van der Waals surface area contributed by atoms with Crippen molar-refractivity contribution in [2.24, 2.45) is 0 Å². The quantitative estimate of drug-likeness (QED) is 0.846. The Morgan fingerprint density at radius 2 is 2.24 bits per heavy atom. The number of piperazine rings is 1. The molecule has 92 valence electrons. The van der Waals surface area contributed by atoms with E-state index in [1.165, 1.54) is 16.2 Å². The van der Waals surface area contributed by atoms with E-state index >= 15 is 0 Å². The molecule has 2 heterocycles. The molecule has 1 fully saturated rings. The van der Waals surface area contributed by atoms with Crippen molar-refractivity contribution >= 4 is 39.1 Å². The monoisotopic (exact) mass is 316 g/mol. The fourth-order valence-corrected chi connectivity index (χ4v) is 3.13. The number of nitrogens with zero attached hydrogens (tertiary/aromatic N) is 1. The fraction of sp³-hybridized carbons (Fsp3) is 0.455. The van der Waals surface area contributed by atoms with Crippen molar-refractivity contribution in [3.05, 3.63) is 20.8 Å². The maximum Gasteiger partial charge on any atom is 0.249 e. The Balaban J connectivity index is 2.22. The van der Waals surface area contributed by atoms with E-state index < -0.39 is 5.54 Å². The van der Waals surface area contributed by atoms with Gasteiger partial charge in [0.2, 0.25) is 11.8 Å². The number of halogens is 1. The normalized spacial score (nSPS) is 19.8. The zero-order chi connectivity index (χ0) is 12.6. The first kappa shape index (κ1) is 12.7. The highest BCUT2D eigenvalue weighted by atomic mass is 79.9. The van der Waals surface area contributed by atoms with Crippen LogP contribution >= 0.6 is 27.3 Å². The highest BCUT2D eigenvalue weighted by molar-refractivity contribution is 9.10. The summed E-state index contributed by atoms with van der Waals surface area (Å²) in [5, 5.41) is 4.87. The molecule has 6 heteroatoms. The average molecular weight is 317 g/mol. The van der Waals surface area contributed by atoms with Crippen molar-refractivity contribution in [2.75, 3.05) is 6.54 Å². The number of rotatable bonds is 2. The summed E-state index contributed by atoms with van der Waals surface area (Å²) in [6.07, 6.45) is 0. The zero-order valence-electron chi connectivity index (χ0n) is 9.62. The van der Waals surface area contributed by atoms with E-state index in [1.54, 1.807) is 13.8 Å². The Morgan fingerprint density at radius 1 is 1.53 bits per heavy atom. The van der Waals surface area contributed by atoms with E-state index in [4.69, 9.17) is 0 Å². The van der Waals surface area contributed by atoms with Gasteiger partial charge in [-0.05, 0) is 41.2 Å². The van der Waals surface area contributed by atoms with Gasteiger partial charge in [0.1, 0.15) is 0 Å². The van der Waals surface area contributed by atoms with Crippen LogP contribution in [0.2, 0.25) is 0 Å². The molecule has 0 aromatic carbocycles. The minimum atomic E-state index is -0.669. The van der Waals surface area contributed by atoms with Crippen LogP contribution in [0, 0.1) is 0 Å². The minimum Gasteiger partial charge on any atom is -0.295 e. The molecule has 1 N–H and O–H groups in total. The second-order valence-corrected chi connectivity index (χ2v) is 6.31. The zero-order valence-corrected chi connectivity index (χ0v) is 12.0. The predicted molar refractivity (Wildman–Crippen MR) is 69.7 cm³/mol.